The van der Waals surface area contributed by atoms with E-state index in [1.165, 1.54) is 11.3 Å². The third-order valence-corrected chi connectivity index (χ3v) is 3.03. The van der Waals surface area contributed by atoms with Gasteiger partial charge >= 0.3 is 0 Å². The molecular weight excluding hydrogens is 270 g/mol. The highest BCUT2D eigenvalue weighted by Gasteiger charge is 2.11. The zero-order chi connectivity index (χ0) is 10.6. The van der Waals surface area contributed by atoms with Gasteiger partial charge in [0.2, 0.25) is 5.13 Å². The molecule has 0 aliphatic rings. The fourth-order valence-corrected chi connectivity index (χ4v) is 2.05. The molecule has 0 amide bonds. The predicted octanol–water partition coefficient (Wildman–Crippen LogP) is 0.744. The average molecular weight is 282 g/mol. The van der Waals surface area contributed by atoms with Gasteiger partial charge in [-0.1, -0.05) is 11.3 Å². The number of rotatable bonds is 5. The van der Waals surface area contributed by atoms with E-state index in [-0.39, 0.29) is 0 Å². The van der Waals surface area contributed by atoms with Crippen molar-refractivity contribution in [2.24, 2.45) is 0 Å². The molecule has 0 saturated heterocycles. The lowest BCUT2D eigenvalue weighted by Gasteiger charge is -2.18. The van der Waals surface area contributed by atoms with Crippen LogP contribution < -0.4 is 4.90 Å². The Morgan fingerprint density at radius 1 is 1.64 bits per heavy atom. The summed E-state index contributed by atoms with van der Waals surface area (Å²) in [6.07, 6.45) is -0.507. The molecule has 1 atom stereocenters. The van der Waals surface area contributed by atoms with Crippen LogP contribution in [0.5, 0.6) is 0 Å². The Morgan fingerprint density at radius 2 is 2.36 bits per heavy atom. The second-order valence-electron chi connectivity index (χ2n) is 2.83. The van der Waals surface area contributed by atoms with Crippen LogP contribution in [0.1, 0.15) is 0 Å². The summed E-state index contributed by atoms with van der Waals surface area (Å²) in [7, 11) is 3.41. The Hall–Kier alpha value is -0.240. The number of aromatic nitrogens is 2. The number of methoxy groups -OCH3 is 1. The number of aliphatic hydroxyl groups excluding tert-OH is 1. The first-order valence-corrected chi connectivity index (χ1v) is 5.61. The molecule has 1 heterocycles. The van der Waals surface area contributed by atoms with Crippen molar-refractivity contribution in [3.8, 4) is 0 Å². The highest BCUT2D eigenvalue weighted by molar-refractivity contribution is 9.11. The molecule has 1 N–H and O–H groups in total. The largest absolute Gasteiger partial charge is 0.389 e. The van der Waals surface area contributed by atoms with Gasteiger partial charge in [0.1, 0.15) is 0 Å². The molecule has 1 unspecified atom stereocenters. The van der Waals surface area contributed by atoms with Gasteiger partial charge in [0.15, 0.2) is 3.92 Å². The molecule has 0 aliphatic carbocycles. The van der Waals surface area contributed by atoms with Crippen LogP contribution in [0, 0.1) is 0 Å². The van der Waals surface area contributed by atoms with Gasteiger partial charge in [-0.3, -0.25) is 0 Å². The molecule has 1 rings (SSSR count). The van der Waals surface area contributed by atoms with Gasteiger partial charge in [-0.2, -0.15) is 0 Å². The van der Waals surface area contributed by atoms with Crippen molar-refractivity contribution in [3.63, 3.8) is 0 Å². The number of likely N-dealkylation sites (N-methyl/N-ethyl adjacent to an activating group) is 1. The lowest BCUT2D eigenvalue weighted by molar-refractivity contribution is 0.0695. The predicted molar refractivity (Wildman–Crippen MR) is 58.8 cm³/mol. The van der Waals surface area contributed by atoms with Crippen LogP contribution in [0.4, 0.5) is 5.13 Å². The van der Waals surface area contributed by atoms with Gasteiger partial charge in [-0.25, -0.2) is 0 Å². The minimum absolute atomic E-state index is 0.324. The van der Waals surface area contributed by atoms with E-state index in [4.69, 9.17) is 4.74 Å². The van der Waals surface area contributed by atoms with Crippen molar-refractivity contribution in [1.82, 2.24) is 10.2 Å². The smallest absolute Gasteiger partial charge is 0.208 e. The zero-order valence-electron chi connectivity index (χ0n) is 7.97. The SMILES string of the molecule is COCC(O)CN(C)c1nnc(Br)s1. The molecule has 0 saturated carbocycles. The standard InChI is InChI=1S/C7H12BrN3O2S/c1-11(3-5(12)4-13-2)7-10-9-6(8)14-7/h5,12H,3-4H2,1-2H3. The van der Waals surface area contributed by atoms with Crippen LogP contribution in [0.15, 0.2) is 3.92 Å². The monoisotopic (exact) mass is 281 g/mol. The van der Waals surface area contributed by atoms with E-state index < -0.39 is 6.10 Å². The van der Waals surface area contributed by atoms with Gasteiger partial charge in [-0.15, -0.1) is 10.2 Å². The molecule has 0 radical (unpaired) electrons. The summed E-state index contributed by atoms with van der Waals surface area (Å²) in [4.78, 5) is 1.84. The molecular formula is C7H12BrN3O2S. The van der Waals surface area contributed by atoms with Crippen LogP contribution in [0.25, 0.3) is 0 Å². The van der Waals surface area contributed by atoms with Gasteiger partial charge in [0, 0.05) is 20.7 Å². The Labute approximate surface area is 94.8 Å². The summed E-state index contributed by atoms with van der Waals surface area (Å²) in [5.74, 6) is 0. The third kappa shape index (κ3) is 3.49. The maximum absolute atomic E-state index is 9.47. The first-order chi connectivity index (χ1) is 6.63. The summed E-state index contributed by atoms with van der Waals surface area (Å²) >= 11 is 4.65. The maximum atomic E-state index is 9.47. The number of hydrogen-bond donors (Lipinski definition) is 1. The molecule has 14 heavy (non-hydrogen) atoms. The Morgan fingerprint density at radius 3 is 2.86 bits per heavy atom. The quantitative estimate of drug-likeness (QED) is 0.863. The summed E-state index contributed by atoms with van der Waals surface area (Å²) in [5.41, 5.74) is 0. The number of nitrogens with zero attached hydrogens (tertiary/aromatic N) is 3. The fourth-order valence-electron chi connectivity index (χ4n) is 0.992. The first-order valence-electron chi connectivity index (χ1n) is 4.00. The van der Waals surface area contributed by atoms with Crippen molar-refractivity contribution in [3.05, 3.63) is 3.92 Å². The van der Waals surface area contributed by atoms with E-state index in [1.807, 2.05) is 11.9 Å². The molecule has 1 aromatic heterocycles. The topological polar surface area (TPSA) is 58.5 Å². The Kier molecular flexibility index (Phi) is 4.73. The lowest BCUT2D eigenvalue weighted by Crippen LogP contribution is -2.31. The minimum atomic E-state index is -0.507. The summed E-state index contributed by atoms with van der Waals surface area (Å²) in [6.45, 7) is 0.805. The second-order valence-corrected chi connectivity index (χ2v) is 5.06. The number of aliphatic hydroxyl groups is 1. The van der Waals surface area contributed by atoms with Crippen molar-refractivity contribution in [2.45, 2.75) is 6.10 Å². The molecule has 1 aromatic rings. The van der Waals surface area contributed by atoms with Crippen LogP contribution in [-0.4, -0.2) is 48.7 Å². The second kappa shape index (κ2) is 5.59. The van der Waals surface area contributed by atoms with E-state index >= 15 is 0 Å². The van der Waals surface area contributed by atoms with Crippen molar-refractivity contribution < 1.29 is 9.84 Å². The number of hydrogen-bond acceptors (Lipinski definition) is 6. The molecule has 7 heteroatoms. The molecule has 0 spiro atoms. The van der Waals surface area contributed by atoms with Crippen molar-refractivity contribution in [1.29, 1.82) is 0 Å². The molecule has 0 aromatic carbocycles. The highest BCUT2D eigenvalue weighted by Crippen LogP contribution is 2.22. The number of halogens is 1. The van der Waals surface area contributed by atoms with Crippen molar-refractivity contribution >= 4 is 32.4 Å². The lowest BCUT2D eigenvalue weighted by atomic mass is 10.3. The molecule has 5 nitrogen and oxygen atoms in total. The molecule has 80 valence electrons. The molecule has 0 aliphatic heterocycles. The van der Waals surface area contributed by atoms with E-state index in [1.54, 1.807) is 7.11 Å². The van der Waals surface area contributed by atoms with Crippen molar-refractivity contribution in [2.75, 3.05) is 32.2 Å². The number of ether oxygens (including phenoxy) is 1. The Bertz CT molecular complexity index is 284. The summed E-state index contributed by atoms with van der Waals surface area (Å²) in [6, 6.07) is 0. The van der Waals surface area contributed by atoms with Crippen LogP contribution >= 0.6 is 27.3 Å². The van der Waals surface area contributed by atoms with Gasteiger partial charge < -0.3 is 14.7 Å². The summed E-state index contributed by atoms with van der Waals surface area (Å²) in [5, 5.41) is 18.0. The minimum Gasteiger partial charge on any atom is -0.389 e. The normalized spacial score (nSPS) is 12.9. The van der Waals surface area contributed by atoms with E-state index in [2.05, 4.69) is 26.1 Å². The van der Waals surface area contributed by atoms with Crippen LogP contribution in [-0.2, 0) is 4.74 Å². The van der Waals surface area contributed by atoms with E-state index in [0.717, 1.165) is 9.05 Å². The fraction of sp³-hybridized carbons (Fsp3) is 0.714. The van der Waals surface area contributed by atoms with Gasteiger partial charge in [-0.05, 0) is 15.9 Å². The number of anilines is 1. The first kappa shape index (κ1) is 11.8. The van der Waals surface area contributed by atoms with E-state index in [0.29, 0.717) is 13.2 Å². The van der Waals surface area contributed by atoms with Gasteiger partial charge in [0.05, 0.1) is 12.7 Å². The Balaban J connectivity index is 2.45. The van der Waals surface area contributed by atoms with Gasteiger partial charge in [0.25, 0.3) is 0 Å². The third-order valence-electron chi connectivity index (χ3n) is 1.56. The van der Waals surface area contributed by atoms with Crippen LogP contribution in [0.3, 0.4) is 0 Å². The van der Waals surface area contributed by atoms with Crippen LogP contribution in [0.2, 0.25) is 0 Å². The zero-order valence-corrected chi connectivity index (χ0v) is 10.4. The summed E-state index contributed by atoms with van der Waals surface area (Å²) < 4.78 is 5.56. The van der Waals surface area contributed by atoms with E-state index in [9.17, 15) is 5.11 Å². The molecule has 0 bridgehead atoms. The molecule has 0 fully saturated rings. The highest BCUT2D eigenvalue weighted by atomic mass is 79.9. The average Bonchev–Trinajstić information content (AvgIpc) is 2.52. The maximum Gasteiger partial charge on any atom is 0.208 e.